The van der Waals surface area contributed by atoms with Gasteiger partial charge in [-0.1, -0.05) is 29.8 Å². The van der Waals surface area contributed by atoms with E-state index in [2.05, 4.69) is 5.32 Å². The van der Waals surface area contributed by atoms with Crippen LogP contribution in [0.2, 0.25) is 0 Å². The van der Waals surface area contributed by atoms with Crippen LogP contribution in [0.15, 0.2) is 30.3 Å². The molecule has 1 N–H and O–H groups in total. The molecule has 90 valence electrons. The highest BCUT2D eigenvalue weighted by Gasteiger charge is 2.37. The van der Waals surface area contributed by atoms with Gasteiger partial charge in [0.1, 0.15) is 0 Å². The van der Waals surface area contributed by atoms with Crippen molar-refractivity contribution >= 4 is 11.5 Å². The fourth-order valence-corrected chi connectivity index (χ4v) is 2.10. The van der Waals surface area contributed by atoms with Crippen molar-refractivity contribution in [1.29, 1.82) is 0 Å². The zero-order valence-electron chi connectivity index (χ0n) is 10.4. The molecule has 0 aromatic heterocycles. The number of hydrogen-bond acceptors (Lipinski definition) is 2. The highest BCUT2D eigenvalue weighted by molar-refractivity contribution is 6.02. The van der Waals surface area contributed by atoms with Gasteiger partial charge in [0, 0.05) is 18.3 Å². The van der Waals surface area contributed by atoms with Crippen molar-refractivity contribution in [3.63, 3.8) is 0 Å². The first-order valence-electron chi connectivity index (χ1n) is 5.80. The van der Waals surface area contributed by atoms with E-state index in [0.717, 1.165) is 11.1 Å². The first kappa shape index (κ1) is 11.9. The Morgan fingerprint density at radius 2 is 1.94 bits per heavy atom. The summed E-state index contributed by atoms with van der Waals surface area (Å²) in [7, 11) is 0. The number of carbonyl (C=O) groups excluding carboxylic acids is 1. The Morgan fingerprint density at radius 3 is 2.53 bits per heavy atom. The van der Waals surface area contributed by atoms with E-state index in [4.69, 9.17) is 4.74 Å². The second-order valence-electron chi connectivity index (χ2n) is 4.38. The van der Waals surface area contributed by atoms with E-state index in [9.17, 15) is 4.79 Å². The Bertz CT molecular complexity index is 462. The molecule has 3 nitrogen and oxygen atoms in total. The molecule has 1 atom stereocenters. The zero-order valence-corrected chi connectivity index (χ0v) is 10.4. The Labute approximate surface area is 101 Å². The highest BCUT2D eigenvalue weighted by Crippen LogP contribution is 2.32. The van der Waals surface area contributed by atoms with E-state index in [1.165, 1.54) is 5.56 Å². The van der Waals surface area contributed by atoms with Gasteiger partial charge in [0.2, 0.25) is 5.91 Å². The van der Waals surface area contributed by atoms with E-state index in [1.807, 2.05) is 45.0 Å². The van der Waals surface area contributed by atoms with E-state index in [1.54, 1.807) is 6.08 Å². The Hall–Kier alpha value is -1.61. The summed E-state index contributed by atoms with van der Waals surface area (Å²) < 4.78 is 5.66. The number of aryl methyl sites for hydroxylation is 1. The molecule has 1 aromatic rings. The SMILES string of the molecule is CCOC1(C)NC(=O)C=C1c1ccc(C)cc1. The fourth-order valence-electron chi connectivity index (χ4n) is 2.10. The first-order valence-corrected chi connectivity index (χ1v) is 5.80. The molecule has 0 spiro atoms. The van der Waals surface area contributed by atoms with Crippen molar-refractivity contribution in [1.82, 2.24) is 5.32 Å². The Kier molecular flexibility index (Phi) is 3.03. The predicted octanol–water partition coefficient (Wildman–Crippen LogP) is 2.26. The molecular weight excluding hydrogens is 214 g/mol. The first-order chi connectivity index (χ1) is 8.05. The van der Waals surface area contributed by atoms with E-state index in [0.29, 0.717) is 6.61 Å². The van der Waals surface area contributed by atoms with Gasteiger partial charge >= 0.3 is 0 Å². The minimum Gasteiger partial charge on any atom is -0.352 e. The third-order valence-corrected chi connectivity index (χ3v) is 2.95. The molecular formula is C14H17NO2. The second kappa shape index (κ2) is 4.34. The van der Waals surface area contributed by atoms with Crippen LogP contribution in [0.25, 0.3) is 5.57 Å². The van der Waals surface area contributed by atoms with E-state index in [-0.39, 0.29) is 5.91 Å². The molecule has 1 amide bonds. The summed E-state index contributed by atoms with van der Waals surface area (Å²) in [4.78, 5) is 11.5. The van der Waals surface area contributed by atoms with Crippen LogP contribution in [0.3, 0.4) is 0 Å². The van der Waals surface area contributed by atoms with Crippen LogP contribution in [0.4, 0.5) is 0 Å². The van der Waals surface area contributed by atoms with Crippen molar-refractivity contribution in [2.45, 2.75) is 26.5 Å². The average Bonchev–Trinajstić information content (AvgIpc) is 2.55. The highest BCUT2D eigenvalue weighted by atomic mass is 16.5. The largest absolute Gasteiger partial charge is 0.352 e. The number of ether oxygens (including phenoxy) is 1. The third-order valence-electron chi connectivity index (χ3n) is 2.95. The molecule has 1 heterocycles. The van der Waals surface area contributed by atoms with Gasteiger partial charge in [0.25, 0.3) is 0 Å². The van der Waals surface area contributed by atoms with Crippen LogP contribution in [0.1, 0.15) is 25.0 Å². The van der Waals surface area contributed by atoms with Gasteiger partial charge in [-0.2, -0.15) is 0 Å². The second-order valence-corrected chi connectivity index (χ2v) is 4.38. The molecule has 0 radical (unpaired) electrons. The zero-order chi connectivity index (χ0) is 12.5. The van der Waals surface area contributed by atoms with Crippen LogP contribution in [0, 0.1) is 6.92 Å². The quantitative estimate of drug-likeness (QED) is 0.866. The number of benzene rings is 1. The molecule has 0 fully saturated rings. The third kappa shape index (κ3) is 2.24. The smallest absolute Gasteiger partial charge is 0.246 e. The van der Waals surface area contributed by atoms with Crippen molar-refractivity contribution in [2.24, 2.45) is 0 Å². The lowest BCUT2D eigenvalue weighted by Gasteiger charge is -2.28. The van der Waals surface area contributed by atoms with Gasteiger partial charge in [0.05, 0.1) is 0 Å². The fraction of sp³-hybridized carbons (Fsp3) is 0.357. The standard InChI is InChI=1S/C14H17NO2/c1-4-17-14(3)12(9-13(16)15-14)11-7-5-10(2)6-8-11/h5-9H,4H2,1-3H3,(H,15,16). The molecule has 0 saturated heterocycles. The lowest BCUT2D eigenvalue weighted by atomic mass is 9.97. The average molecular weight is 231 g/mol. The van der Waals surface area contributed by atoms with Gasteiger partial charge < -0.3 is 10.1 Å². The lowest BCUT2D eigenvalue weighted by molar-refractivity contribution is -0.121. The molecule has 0 aliphatic carbocycles. The van der Waals surface area contributed by atoms with E-state index >= 15 is 0 Å². The van der Waals surface area contributed by atoms with Crippen LogP contribution in [-0.4, -0.2) is 18.2 Å². The van der Waals surface area contributed by atoms with Gasteiger partial charge in [0.15, 0.2) is 5.72 Å². The normalized spacial score (nSPS) is 23.5. The number of hydrogen-bond donors (Lipinski definition) is 1. The summed E-state index contributed by atoms with van der Waals surface area (Å²) in [5.74, 6) is -0.100. The Balaban J connectivity index is 2.38. The maximum absolute atomic E-state index is 11.5. The van der Waals surface area contributed by atoms with Crippen molar-refractivity contribution < 1.29 is 9.53 Å². The maximum Gasteiger partial charge on any atom is 0.246 e. The lowest BCUT2D eigenvalue weighted by Crippen LogP contribution is -2.43. The molecule has 0 saturated carbocycles. The van der Waals surface area contributed by atoms with Gasteiger partial charge in [-0.25, -0.2) is 0 Å². The van der Waals surface area contributed by atoms with Gasteiger partial charge in [-0.05, 0) is 26.3 Å². The van der Waals surface area contributed by atoms with Crippen LogP contribution in [0.5, 0.6) is 0 Å². The van der Waals surface area contributed by atoms with Crippen molar-refractivity contribution in [3.8, 4) is 0 Å². The summed E-state index contributed by atoms with van der Waals surface area (Å²) in [6.07, 6.45) is 1.61. The van der Waals surface area contributed by atoms with E-state index < -0.39 is 5.72 Å². The maximum atomic E-state index is 11.5. The molecule has 0 bridgehead atoms. The summed E-state index contributed by atoms with van der Waals surface area (Å²) >= 11 is 0. The molecule has 1 aliphatic rings. The van der Waals surface area contributed by atoms with Crippen molar-refractivity contribution in [3.05, 3.63) is 41.5 Å². The number of carbonyl (C=O) groups is 1. The number of nitrogens with one attached hydrogen (secondary N) is 1. The molecule has 1 aliphatic heterocycles. The monoisotopic (exact) mass is 231 g/mol. The molecule has 3 heteroatoms. The minimum atomic E-state index is -0.707. The Morgan fingerprint density at radius 1 is 1.29 bits per heavy atom. The number of amides is 1. The molecule has 17 heavy (non-hydrogen) atoms. The van der Waals surface area contributed by atoms with Gasteiger partial charge in [-0.3, -0.25) is 4.79 Å². The van der Waals surface area contributed by atoms with Crippen molar-refractivity contribution in [2.75, 3.05) is 6.61 Å². The molecule has 1 unspecified atom stereocenters. The van der Waals surface area contributed by atoms with Gasteiger partial charge in [-0.15, -0.1) is 0 Å². The number of rotatable bonds is 3. The molecule has 2 rings (SSSR count). The predicted molar refractivity (Wildman–Crippen MR) is 67.3 cm³/mol. The van der Waals surface area contributed by atoms with Crippen LogP contribution < -0.4 is 5.32 Å². The summed E-state index contributed by atoms with van der Waals surface area (Å²) in [6, 6.07) is 8.09. The topological polar surface area (TPSA) is 38.3 Å². The minimum absolute atomic E-state index is 0.100. The summed E-state index contributed by atoms with van der Waals surface area (Å²) in [5.41, 5.74) is 2.40. The van der Waals surface area contributed by atoms with Crippen LogP contribution >= 0.6 is 0 Å². The van der Waals surface area contributed by atoms with Crippen LogP contribution in [-0.2, 0) is 9.53 Å². The summed E-state index contributed by atoms with van der Waals surface area (Å²) in [6.45, 7) is 6.40. The molecule has 1 aromatic carbocycles. The summed E-state index contributed by atoms with van der Waals surface area (Å²) in [5, 5.41) is 2.84.